The summed E-state index contributed by atoms with van der Waals surface area (Å²) in [6, 6.07) is 0.776. The largest absolute Gasteiger partial charge is 0.314 e. The van der Waals surface area contributed by atoms with E-state index in [9.17, 15) is 0 Å². The van der Waals surface area contributed by atoms with Gasteiger partial charge in [-0.15, -0.1) is 0 Å². The van der Waals surface area contributed by atoms with Gasteiger partial charge in [-0.25, -0.2) is 0 Å². The summed E-state index contributed by atoms with van der Waals surface area (Å²) in [6.07, 6.45) is 10.8. The molecule has 0 aliphatic heterocycles. The van der Waals surface area contributed by atoms with Crippen molar-refractivity contribution in [2.24, 2.45) is 7.05 Å². The molecule has 1 N–H and O–H groups in total. The highest BCUT2D eigenvalue weighted by Crippen LogP contribution is 2.17. The molecule has 1 fully saturated rings. The SMILES string of the molecule is Cc1nn(C)c(C)c1CCCNC1CCCCCC1. The van der Waals surface area contributed by atoms with Gasteiger partial charge in [-0.3, -0.25) is 4.68 Å². The number of aryl methyl sites for hydroxylation is 2. The number of aromatic nitrogens is 2. The Kier molecular flexibility index (Phi) is 5.44. The van der Waals surface area contributed by atoms with Crippen LogP contribution in [0.3, 0.4) is 0 Å². The van der Waals surface area contributed by atoms with Gasteiger partial charge in [0.2, 0.25) is 0 Å². The summed E-state index contributed by atoms with van der Waals surface area (Å²) < 4.78 is 2.00. The predicted octanol–water partition coefficient (Wildman–Crippen LogP) is 3.28. The van der Waals surface area contributed by atoms with Crippen LogP contribution in [0.5, 0.6) is 0 Å². The number of rotatable bonds is 5. The molecule has 19 heavy (non-hydrogen) atoms. The monoisotopic (exact) mass is 263 g/mol. The van der Waals surface area contributed by atoms with Crippen LogP contribution in [-0.4, -0.2) is 22.4 Å². The Balaban J connectivity index is 1.71. The Hall–Kier alpha value is -0.830. The van der Waals surface area contributed by atoms with Crippen LogP contribution >= 0.6 is 0 Å². The third-order valence-corrected chi connectivity index (χ3v) is 4.55. The van der Waals surface area contributed by atoms with Crippen LogP contribution in [0.25, 0.3) is 0 Å². The predicted molar refractivity (Wildman–Crippen MR) is 80.5 cm³/mol. The second-order valence-corrected chi connectivity index (χ2v) is 6.02. The van der Waals surface area contributed by atoms with E-state index >= 15 is 0 Å². The molecule has 1 aliphatic carbocycles. The van der Waals surface area contributed by atoms with Gasteiger partial charge < -0.3 is 5.32 Å². The van der Waals surface area contributed by atoms with Gasteiger partial charge >= 0.3 is 0 Å². The molecule has 0 spiro atoms. The summed E-state index contributed by atoms with van der Waals surface area (Å²) in [4.78, 5) is 0. The Morgan fingerprint density at radius 1 is 1.16 bits per heavy atom. The van der Waals surface area contributed by atoms with Crippen molar-refractivity contribution in [3.63, 3.8) is 0 Å². The Morgan fingerprint density at radius 2 is 1.84 bits per heavy atom. The summed E-state index contributed by atoms with van der Waals surface area (Å²) >= 11 is 0. The van der Waals surface area contributed by atoms with Gasteiger partial charge in [0.15, 0.2) is 0 Å². The molecule has 1 aromatic heterocycles. The highest BCUT2D eigenvalue weighted by molar-refractivity contribution is 5.24. The third-order valence-electron chi connectivity index (χ3n) is 4.55. The van der Waals surface area contributed by atoms with Crippen molar-refractivity contribution >= 4 is 0 Å². The van der Waals surface area contributed by atoms with E-state index in [0.29, 0.717) is 0 Å². The number of hydrogen-bond acceptors (Lipinski definition) is 2. The molecule has 1 saturated carbocycles. The minimum absolute atomic E-state index is 0.776. The molecule has 1 aromatic rings. The highest BCUT2D eigenvalue weighted by atomic mass is 15.3. The van der Waals surface area contributed by atoms with Gasteiger partial charge in [-0.05, 0) is 51.6 Å². The van der Waals surface area contributed by atoms with Crippen molar-refractivity contribution in [2.75, 3.05) is 6.54 Å². The minimum Gasteiger partial charge on any atom is -0.314 e. The summed E-state index contributed by atoms with van der Waals surface area (Å²) in [5.74, 6) is 0. The maximum absolute atomic E-state index is 4.49. The zero-order valence-corrected chi connectivity index (χ0v) is 12.8. The molecule has 0 aromatic carbocycles. The molecular weight excluding hydrogens is 234 g/mol. The van der Waals surface area contributed by atoms with Crippen molar-refractivity contribution in [2.45, 2.75) is 71.3 Å². The smallest absolute Gasteiger partial charge is 0.0628 e. The molecule has 3 nitrogen and oxygen atoms in total. The lowest BCUT2D eigenvalue weighted by Crippen LogP contribution is -2.29. The second-order valence-electron chi connectivity index (χ2n) is 6.02. The van der Waals surface area contributed by atoms with E-state index in [1.54, 1.807) is 0 Å². The average molecular weight is 263 g/mol. The lowest BCUT2D eigenvalue weighted by Gasteiger charge is -2.16. The fraction of sp³-hybridized carbons (Fsp3) is 0.812. The lowest BCUT2D eigenvalue weighted by atomic mass is 10.1. The molecule has 108 valence electrons. The topological polar surface area (TPSA) is 29.9 Å². The van der Waals surface area contributed by atoms with Crippen LogP contribution in [0, 0.1) is 13.8 Å². The van der Waals surface area contributed by atoms with Gasteiger partial charge in [0.25, 0.3) is 0 Å². The molecule has 1 aliphatic rings. The summed E-state index contributed by atoms with van der Waals surface area (Å²) in [6.45, 7) is 5.45. The lowest BCUT2D eigenvalue weighted by molar-refractivity contribution is 0.455. The van der Waals surface area contributed by atoms with E-state index in [-0.39, 0.29) is 0 Å². The van der Waals surface area contributed by atoms with Crippen molar-refractivity contribution in [1.29, 1.82) is 0 Å². The van der Waals surface area contributed by atoms with Crippen molar-refractivity contribution in [1.82, 2.24) is 15.1 Å². The standard InChI is InChI=1S/C16H29N3/c1-13-16(14(2)19(3)18-13)11-8-12-17-15-9-6-4-5-7-10-15/h15,17H,4-12H2,1-3H3. The first-order valence-corrected chi connectivity index (χ1v) is 7.91. The summed E-state index contributed by atoms with van der Waals surface area (Å²) in [5.41, 5.74) is 3.98. The molecule has 0 saturated heterocycles. The van der Waals surface area contributed by atoms with Crippen LogP contribution in [0.1, 0.15) is 61.9 Å². The Morgan fingerprint density at radius 3 is 2.42 bits per heavy atom. The molecule has 0 radical (unpaired) electrons. The number of hydrogen-bond donors (Lipinski definition) is 1. The van der Waals surface area contributed by atoms with Gasteiger partial charge in [0.05, 0.1) is 5.69 Å². The zero-order valence-electron chi connectivity index (χ0n) is 12.8. The minimum atomic E-state index is 0.776. The number of nitrogens with zero attached hydrogens (tertiary/aromatic N) is 2. The van der Waals surface area contributed by atoms with E-state index in [2.05, 4.69) is 24.3 Å². The Bertz CT molecular complexity index is 387. The van der Waals surface area contributed by atoms with Gasteiger partial charge in [0, 0.05) is 18.8 Å². The normalized spacial score (nSPS) is 17.6. The van der Waals surface area contributed by atoms with Crippen LogP contribution in [0.4, 0.5) is 0 Å². The molecule has 0 atom stereocenters. The maximum Gasteiger partial charge on any atom is 0.0628 e. The van der Waals surface area contributed by atoms with E-state index in [1.807, 2.05) is 11.7 Å². The molecule has 1 heterocycles. The first-order chi connectivity index (χ1) is 9.18. The molecule has 0 bridgehead atoms. The van der Waals surface area contributed by atoms with E-state index < -0.39 is 0 Å². The van der Waals surface area contributed by atoms with Gasteiger partial charge in [-0.2, -0.15) is 5.10 Å². The van der Waals surface area contributed by atoms with Crippen molar-refractivity contribution in [3.05, 3.63) is 17.0 Å². The molecule has 0 unspecified atom stereocenters. The average Bonchev–Trinajstić information content (AvgIpc) is 2.62. The zero-order chi connectivity index (χ0) is 13.7. The molecular formula is C16H29N3. The van der Waals surface area contributed by atoms with Crippen LogP contribution < -0.4 is 5.32 Å². The van der Waals surface area contributed by atoms with E-state index in [0.717, 1.165) is 19.0 Å². The van der Waals surface area contributed by atoms with Crippen molar-refractivity contribution < 1.29 is 0 Å². The highest BCUT2D eigenvalue weighted by Gasteiger charge is 2.12. The van der Waals surface area contributed by atoms with E-state index in [4.69, 9.17) is 0 Å². The number of nitrogens with one attached hydrogen (secondary N) is 1. The fourth-order valence-electron chi connectivity index (χ4n) is 3.23. The third kappa shape index (κ3) is 4.07. The van der Waals surface area contributed by atoms with Gasteiger partial charge in [-0.1, -0.05) is 25.7 Å². The molecule has 3 heteroatoms. The molecule has 2 rings (SSSR count). The second kappa shape index (κ2) is 7.09. The Labute approximate surface area is 117 Å². The van der Waals surface area contributed by atoms with Crippen molar-refractivity contribution in [3.8, 4) is 0 Å². The van der Waals surface area contributed by atoms with E-state index in [1.165, 1.54) is 61.9 Å². The quantitative estimate of drug-likeness (QED) is 0.652. The van der Waals surface area contributed by atoms with Crippen LogP contribution in [0.15, 0.2) is 0 Å². The van der Waals surface area contributed by atoms with Crippen LogP contribution in [-0.2, 0) is 13.5 Å². The summed E-state index contributed by atoms with van der Waals surface area (Å²) in [5, 5.41) is 8.24. The van der Waals surface area contributed by atoms with Crippen LogP contribution in [0.2, 0.25) is 0 Å². The van der Waals surface area contributed by atoms with Gasteiger partial charge in [0.1, 0.15) is 0 Å². The first kappa shape index (κ1) is 14.6. The first-order valence-electron chi connectivity index (χ1n) is 7.91. The fourth-order valence-corrected chi connectivity index (χ4v) is 3.23. The molecule has 0 amide bonds. The maximum atomic E-state index is 4.49. The summed E-state index contributed by atoms with van der Waals surface area (Å²) in [7, 11) is 2.04.